The van der Waals surface area contributed by atoms with E-state index in [4.69, 9.17) is 4.74 Å². The highest BCUT2D eigenvalue weighted by Gasteiger charge is 2.40. The van der Waals surface area contributed by atoms with Gasteiger partial charge in [0.05, 0.1) is 23.9 Å². The molecule has 0 radical (unpaired) electrons. The normalized spacial score (nSPS) is 20.6. The number of hydrogen-bond acceptors (Lipinski definition) is 2. The molecular weight excluding hydrogens is 152 g/mol. The minimum absolute atomic E-state index is 0.107. The zero-order valence-electron chi connectivity index (χ0n) is 7.97. The summed E-state index contributed by atoms with van der Waals surface area (Å²) in [6, 6.07) is 0. The van der Waals surface area contributed by atoms with Crippen molar-refractivity contribution in [1.82, 2.24) is 0 Å². The molecule has 0 unspecified atom stereocenters. The molecule has 0 aromatic heterocycles. The highest BCUT2D eigenvalue weighted by atomic mass is 16.5. The van der Waals surface area contributed by atoms with Gasteiger partial charge in [-0.25, -0.2) is 0 Å². The van der Waals surface area contributed by atoms with Gasteiger partial charge >= 0.3 is 0 Å². The number of aliphatic hydroxyl groups is 1. The van der Waals surface area contributed by atoms with Crippen LogP contribution in [0.25, 0.3) is 0 Å². The summed E-state index contributed by atoms with van der Waals surface area (Å²) in [5, 5.41) is 9.36. The largest absolute Gasteiger partial charge is 0.512 e. The molecule has 1 fully saturated rings. The first-order valence-electron chi connectivity index (χ1n) is 4.57. The first-order chi connectivity index (χ1) is 5.57. The second-order valence-electron chi connectivity index (χ2n) is 3.94. The lowest BCUT2D eigenvalue weighted by Gasteiger charge is -2.40. The smallest absolute Gasteiger partial charge is 0.0935 e. The van der Waals surface area contributed by atoms with Gasteiger partial charge in [-0.1, -0.05) is 13.0 Å². The van der Waals surface area contributed by atoms with Gasteiger partial charge in [-0.2, -0.15) is 0 Å². The van der Waals surface area contributed by atoms with Gasteiger partial charge in [-0.05, 0) is 26.7 Å². The third kappa shape index (κ3) is 1.81. The van der Waals surface area contributed by atoms with E-state index in [1.165, 1.54) is 6.42 Å². The molecule has 0 aromatic rings. The highest BCUT2D eigenvalue weighted by molar-refractivity contribution is 5.07. The molecule has 0 aliphatic heterocycles. The van der Waals surface area contributed by atoms with Crippen LogP contribution in [0.3, 0.4) is 0 Å². The van der Waals surface area contributed by atoms with E-state index in [9.17, 15) is 5.11 Å². The minimum atomic E-state index is -0.107. The quantitative estimate of drug-likeness (QED) is 0.657. The van der Waals surface area contributed by atoms with Crippen LogP contribution in [0.4, 0.5) is 0 Å². The van der Waals surface area contributed by atoms with Crippen molar-refractivity contribution in [3.8, 4) is 0 Å². The molecule has 0 amide bonds. The molecule has 2 nitrogen and oxygen atoms in total. The lowest BCUT2D eigenvalue weighted by molar-refractivity contribution is -0.0308. The van der Waals surface area contributed by atoms with Gasteiger partial charge in [0.2, 0.25) is 0 Å². The van der Waals surface area contributed by atoms with Crippen LogP contribution in [0.1, 0.15) is 33.1 Å². The number of hydrogen-bond donors (Lipinski definition) is 1. The Bertz CT molecular complexity index is 169. The molecule has 1 N–H and O–H groups in total. The van der Waals surface area contributed by atoms with Gasteiger partial charge in [-0.3, -0.25) is 0 Å². The number of aliphatic hydroxyl groups excluding tert-OH is 1. The Kier molecular flexibility index (Phi) is 2.78. The standard InChI is InChI=1S/C10H18O2/c1-8(2)12-7-10(9(3)11)5-4-6-10/h8,11H,3-7H2,1-2H3. The van der Waals surface area contributed by atoms with Crippen LogP contribution in [0.5, 0.6) is 0 Å². The average Bonchev–Trinajstić information content (AvgIpc) is 1.83. The molecule has 0 aromatic carbocycles. The van der Waals surface area contributed by atoms with Crippen LogP contribution in [-0.4, -0.2) is 17.8 Å². The van der Waals surface area contributed by atoms with Crippen LogP contribution < -0.4 is 0 Å². The van der Waals surface area contributed by atoms with Gasteiger partial charge in [0.15, 0.2) is 0 Å². The van der Waals surface area contributed by atoms with E-state index in [-0.39, 0.29) is 11.5 Å². The average molecular weight is 170 g/mol. The van der Waals surface area contributed by atoms with E-state index in [1.807, 2.05) is 13.8 Å². The van der Waals surface area contributed by atoms with E-state index in [2.05, 4.69) is 6.58 Å². The van der Waals surface area contributed by atoms with E-state index < -0.39 is 0 Å². The molecule has 70 valence electrons. The Balaban J connectivity index is 2.40. The fraction of sp³-hybridized carbons (Fsp3) is 0.800. The maximum absolute atomic E-state index is 9.36. The van der Waals surface area contributed by atoms with Gasteiger partial charge in [0.1, 0.15) is 0 Å². The second-order valence-corrected chi connectivity index (χ2v) is 3.94. The van der Waals surface area contributed by atoms with E-state index in [0.717, 1.165) is 12.8 Å². The minimum Gasteiger partial charge on any atom is -0.512 e. The maximum atomic E-state index is 9.36. The lowest BCUT2D eigenvalue weighted by atomic mass is 9.68. The van der Waals surface area contributed by atoms with Crippen molar-refractivity contribution >= 4 is 0 Å². The molecule has 0 spiro atoms. The molecular formula is C10H18O2. The number of rotatable bonds is 4. The topological polar surface area (TPSA) is 29.5 Å². The summed E-state index contributed by atoms with van der Waals surface area (Å²) in [5.41, 5.74) is -0.107. The van der Waals surface area contributed by atoms with Crippen molar-refractivity contribution in [3.63, 3.8) is 0 Å². The SMILES string of the molecule is C=C(O)C1(COC(C)C)CCC1. The first kappa shape index (κ1) is 9.59. The lowest BCUT2D eigenvalue weighted by Crippen LogP contribution is -2.36. The third-order valence-corrected chi connectivity index (χ3v) is 2.62. The monoisotopic (exact) mass is 170 g/mol. The van der Waals surface area contributed by atoms with Crippen molar-refractivity contribution in [1.29, 1.82) is 0 Å². The zero-order valence-corrected chi connectivity index (χ0v) is 7.97. The molecule has 0 bridgehead atoms. The fourth-order valence-corrected chi connectivity index (χ4v) is 1.45. The van der Waals surface area contributed by atoms with Gasteiger partial charge in [-0.15, -0.1) is 0 Å². The molecule has 0 saturated heterocycles. The van der Waals surface area contributed by atoms with E-state index in [0.29, 0.717) is 12.4 Å². The zero-order chi connectivity index (χ0) is 9.19. The van der Waals surface area contributed by atoms with Crippen molar-refractivity contribution < 1.29 is 9.84 Å². The van der Waals surface area contributed by atoms with Gasteiger partial charge in [0.25, 0.3) is 0 Å². The Labute approximate surface area is 74.2 Å². The summed E-state index contributed by atoms with van der Waals surface area (Å²) < 4.78 is 5.49. The second kappa shape index (κ2) is 3.48. The Morgan fingerprint density at radius 3 is 2.42 bits per heavy atom. The molecule has 1 saturated carbocycles. The highest BCUT2D eigenvalue weighted by Crippen LogP contribution is 2.45. The summed E-state index contributed by atoms with van der Waals surface area (Å²) in [7, 11) is 0. The Hall–Kier alpha value is -0.500. The third-order valence-electron chi connectivity index (χ3n) is 2.62. The van der Waals surface area contributed by atoms with Crippen LogP contribution in [0.15, 0.2) is 12.3 Å². The summed E-state index contributed by atoms with van der Waals surface area (Å²) in [4.78, 5) is 0. The predicted octanol–water partition coefficient (Wildman–Crippen LogP) is 2.65. The summed E-state index contributed by atoms with van der Waals surface area (Å²) in [6.07, 6.45) is 3.47. The maximum Gasteiger partial charge on any atom is 0.0935 e. The summed E-state index contributed by atoms with van der Waals surface area (Å²) in [6.45, 7) is 8.24. The Morgan fingerprint density at radius 2 is 2.17 bits per heavy atom. The van der Waals surface area contributed by atoms with Crippen LogP contribution in [0, 0.1) is 5.41 Å². The Morgan fingerprint density at radius 1 is 1.58 bits per heavy atom. The summed E-state index contributed by atoms with van der Waals surface area (Å²) in [5.74, 6) is 0.300. The van der Waals surface area contributed by atoms with Crippen molar-refractivity contribution in [2.24, 2.45) is 5.41 Å². The van der Waals surface area contributed by atoms with E-state index in [1.54, 1.807) is 0 Å². The molecule has 1 aliphatic carbocycles. The van der Waals surface area contributed by atoms with Crippen molar-refractivity contribution in [3.05, 3.63) is 12.3 Å². The number of ether oxygens (including phenoxy) is 1. The van der Waals surface area contributed by atoms with Crippen molar-refractivity contribution in [2.45, 2.75) is 39.2 Å². The van der Waals surface area contributed by atoms with Crippen molar-refractivity contribution in [2.75, 3.05) is 6.61 Å². The van der Waals surface area contributed by atoms with E-state index >= 15 is 0 Å². The predicted molar refractivity (Wildman–Crippen MR) is 49.1 cm³/mol. The molecule has 12 heavy (non-hydrogen) atoms. The molecule has 1 rings (SSSR count). The molecule has 0 heterocycles. The molecule has 0 atom stereocenters. The van der Waals surface area contributed by atoms with Crippen LogP contribution in [0.2, 0.25) is 0 Å². The molecule has 2 heteroatoms. The fourth-order valence-electron chi connectivity index (χ4n) is 1.45. The summed E-state index contributed by atoms with van der Waals surface area (Å²) >= 11 is 0. The first-order valence-corrected chi connectivity index (χ1v) is 4.57. The van der Waals surface area contributed by atoms with Gasteiger partial charge < -0.3 is 9.84 Å². The molecule has 1 aliphatic rings. The van der Waals surface area contributed by atoms with Crippen LogP contribution in [-0.2, 0) is 4.74 Å². The van der Waals surface area contributed by atoms with Gasteiger partial charge in [0, 0.05) is 0 Å². The van der Waals surface area contributed by atoms with Crippen LogP contribution >= 0.6 is 0 Å².